The summed E-state index contributed by atoms with van der Waals surface area (Å²) in [6.45, 7) is 0.357. The first-order valence-corrected chi connectivity index (χ1v) is 9.44. The molecule has 0 atom stereocenters. The molecule has 5 nitrogen and oxygen atoms in total. The molecule has 0 unspecified atom stereocenters. The largest absolute Gasteiger partial charge is 0.319 e. The first-order valence-electron chi connectivity index (χ1n) is 9.44. The van der Waals surface area contributed by atoms with Crippen molar-refractivity contribution in [2.45, 2.75) is 25.8 Å². The number of carbonyl (C=O) groups is 1. The zero-order valence-electron chi connectivity index (χ0n) is 15.4. The van der Waals surface area contributed by atoms with E-state index in [-0.39, 0.29) is 12.6 Å². The standard InChI is InChI=1S/C22H21FN4O/c23-13-4-1-5-15-27-19-12-3-2-10-17(19)21(26-27)22(28)25-18-11-6-8-16-9-7-14-24-20(16)18/h2-3,6-12,14H,1,4-5,13,15H2,(H,25,28). The van der Waals surface area contributed by atoms with E-state index in [0.29, 0.717) is 24.3 Å². The third-order valence-corrected chi connectivity index (χ3v) is 4.76. The summed E-state index contributed by atoms with van der Waals surface area (Å²) < 4.78 is 14.2. The number of para-hydroxylation sites is 2. The van der Waals surface area contributed by atoms with Crippen molar-refractivity contribution in [2.75, 3.05) is 12.0 Å². The minimum atomic E-state index is -0.299. The van der Waals surface area contributed by atoms with Crippen molar-refractivity contribution in [3.8, 4) is 0 Å². The summed E-state index contributed by atoms with van der Waals surface area (Å²) in [6, 6.07) is 17.2. The second-order valence-corrected chi connectivity index (χ2v) is 6.67. The van der Waals surface area contributed by atoms with E-state index in [2.05, 4.69) is 15.4 Å². The van der Waals surface area contributed by atoms with Crippen LogP contribution >= 0.6 is 0 Å². The number of anilines is 1. The maximum atomic E-state index is 13.0. The maximum absolute atomic E-state index is 13.0. The van der Waals surface area contributed by atoms with Crippen LogP contribution in [0, 0.1) is 0 Å². The molecule has 0 aliphatic heterocycles. The first kappa shape index (κ1) is 18.1. The highest BCUT2D eigenvalue weighted by atomic mass is 19.1. The highest BCUT2D eigenvalue weighted by Crippen LogP contribution is 2.24. The molecule has 0 spiro atoms. The minimum Gasteiger partial charge on any atom is -0.319 e. The van der Waals surface area contributed by atoms with Gasteiger partial charge >= 0.3 is 0 Å². The Hall–Kier alpha value is -3.28. The highest BCUT2D eigenvalue weighted by Gasteiger charge is 2.18. The molecular weight excluding hydrogens is 355 g/mol. The predicted octanol–water partition coefficient (Wildman–Crippen LogP) is 4.98. The van der Waals surface area contributed by atoms with Gasteiger partial charge in [0, 0.05) is 23.5 Å². The lowest BCUT2D eigenvalue weighted by atomic mass is 10.1. The number of aryl methyl sites for hydroxylation is 1. The van der Waals surface area contributed by atoms with Crippen LogP contribution in [0.25, 0.3) is 21.8 Å². The quantitative estimate of drug-likeness (QED) is 0.463. The fourth-order valence-electron chi connectivity index (χ4n) is 3.39. The van der Waals surface area contributed by atoms with Crippen molar-refractivity contribution in [3.63, 3.8) is 0 Å². The van der Waals surface area contributed by atoms with Crippen molar-refractivity contribution in [2.24, 2.45) is 0 Å². The van der Waals surface area contributed by atoms with Crippen LogP contribution in [0.2, 0.25) is 0 Å². The summed E-state index contributed by atoms with van der Waals surface area (Å²) >= 11 is 0. The van der Waals surface area contributed by atoms with Gasteiger partial charge in [-0.15, -0.1) is 0 Å². The van der Waals surface area contributed by atoms with Crippen molar-refractivity contribution in [1.82, 2.24) is 14.8 Å². The van der Waals surface area contributed by atoms with E-state index in [1.807, 2.05) is 59.3 Å². The van der Waals surface area contributed by atoms with E-state index in [0.717, 1.165) is 34.6 Å². The summed E-state index contributed by atoms with van der Waals surface area (Å²) in [4.78, 5) is 17.4. The van der Waals surface area contributed by atoms with Crippen LogP contribution in [0.4, 0.5) is 10.1 Å². The molecule has 0 aliphatic rings. The molecule has 2 aromatic carbocycles. The number of nitrogens with zero attached hydrogens (tertiary/aromatic N) is 3. The molecule has 2 aromatic heterocycles. The lowest BCUT2D eigenvalue weighted by Crippen LogP contribution is -2.14. The van der Waals surface area contributed by atoms with Gasteiger partial charge in [-0.2, -0.15) is 5.10 Å². The number of hydrogen-bond acceptors (Lipinski definition) is 3. The number of pyridine rings is 1. The van der Waals surface area contributed by atoms with E-state index in [4.69, 9.17) is 0 Å². The Morgan fingerprint density at radius 1 is 1.00 bits per heavy atom. The van der Waals surface area contributed by atoms with Gasteiger partial charge in [0.15, 0.2) is 5.69 Å². The summed E-state index contributed by atoms with van der Waals surface area (Å²) in [5, 5.41) is 9.28. The average Bonchev–Trinajstić information content (AvgIpc) is 3.10. The van der Waals surface area contributed by atoms with Gasteiger partial charge in [-0.25, -0.2) is 0 Å². The van der Waals surface area contributed by atoms with E-state index in [1.54, 1.807) is 6.20 Å². The number of carbonyl (C=O) groups excluding carboxylic acids is 1. The molecule has 1 N–H and O–H groups in total. The second-order valence-electron chi connectivity index (χ2n) is 6.67. The monoisotopic (exact) mass is 376 g/mol. The molecule has 1 amide bonds. The van der Waals surface area contributed by atoms with Gasteiger partial charge in [0.2, 0.25) is 0 Å². The van der Waals surface area contributed by atoms with Gasteiger partial charge in [0.25, 0.3) is 5.91 Å². The number of alkyl halides is 1. The predicted molar refractivity (Wildman–Crippen MR) is 109 cm³/mol. The molecule has 0 radical (unpaired) electrons. The first-order chi connectivity index (χ1) is 13.8. The Labute approximate surface area is 162 Å². The fourth-order valence-corrected chi connectivity index (χ4v) is 3.39. The second kappa shape index (κ2) is 8.17. The molecule has 0 bridgehead atoms. The molecule has 6 heteroatoms. The molecule has 0 fully saturated rings. The molecule has 28 heavy (non-hydrogen) atoms. The third kappa shape index (κ3) is 3.58. The Balaban J connectivity index is 1.63. The summed E-state index contributed by atoms with van der Waals surface area (Å²) in [6.07, 6.45) is 3.89. The lowest BCUT2D eigenvalue weighted by molar-refractivity contribution is 0.102. The molecule has 0 aliphatic carbocycles. The number of rotatable bonds is 7. The minimum absolute atomic E-state index is 0.267. The van der Waals surface area contributed by atoms with Crippen molar-refractivity contribution in [3.05, 3.63) is 66.5 Å². The number of nitrogens with one attached hydrogen (secondary N) is 1. The van der Waals surface area contributed by atoms with E-state index in [9.17, 15) is 9.18 Å². The number of hydrogen-bond donors (Lipinski definition) is 1. The van der Waals surface area contributed by atoms with Gasteiger partial charge in [0.05, 0.1) is 23.4 Å². The molecule has 0 saturated heterocycles. The third-order valence-electron chi connectivity index (χ3n) is 4.76. The maximum Gasteiger partial charge on any atom is 0.276 e. The molecule has 142 valence electrons. The Kier molecular flexibility index (Phi) is 5.28. The van der Waals surface area contributed by atoms with Crippen LogP contribution in [-0.4, -0.2) is 27.3 Å². The van der Waals surface area contributed by atoms with Crippen LogP contribution < -0.4 is 5.32 Å². The number of halogens is 1. The van der Waals surface area contributed by atoms with Crippen molar-refractivity contribution in [1.29, 1.82) is 0 Å². The topological polar surface area (TPSA) is 59.8 Å². The Morgan fingerprint density at radius 3 is 2.75 bits per heavy atom. The van der Waals surface area contributed by atoms with Crippen LogP contribution in [0.1, 0.15) is 29.8 Å². The van der Waals surface area contributed by atoms with Gasteiger partial charge in [-0.05, 0) is 37.5 Å². The van der Waals surface area contributed by atoms with E-state index >= 15 is 0 Å². The van der Waals surface area contributed by atoms with Crippen LogP contribution in [0.15, 0.2) is 60.8 Å². The SMILES string of the molecule is O=C(Nc1cccc2cccnc12)c1nn(CCCCCF)c2ccccc12. The van der Waals surface area contributed by atoms with Crippen LogP contribution in [-0.2, 0) is 6.54 Å². The average molecular weight is 376 g/mol. The van der Waals surface area contributed by atoms with Crippen molar-refractivity contribution < 1.29 is 9.18 Å². The summed E-state index contributed by atoms with van der Waals surface area (Å²) in [7, 11) is 0. The van der Waals surface area contributed by atoms with Crippen molar-refractivity contribution >= 4 is 33.4 Å². The number of fused-ring (bicyclic) bond motifs is 2. The zero-order valence-corrected chi connectivity index (χ0v) is 15.4. The van der Waals surface area contributed by atoms with Gasteiger partial charge in [-0.3, -0.25) is 18.9 Å². The number of unbranched alkanes of at least 4 members (excludes halogenated alkanes) is 2. The smallest absolute Gasteiger partial charge is 0.276 e. The lowest BCUT2D eigenvalue weighted by Gasteiger charge is -2.07. The zero-order chi connectivity index (χ0) is 19.3. The van der Waals surface area contributed by atoms with Crippen LogP contribution in [0.3, 0.4) is 0 Å². The van der Waals surface area contributed by atoms with E-state index in [1.165, 1.54) is 0 Å². The molecule has 0 saturated carbocycles. The molecule has 4 aromatic rings. The number of aromatic nitrogens is 3. The number of benzene rings is 2. The Bertz CT molecular complexity index is 1120. The molecule has 2 heterocycles. The fraction of sp³-hybridized carbons (Fsp3) is 0.227. The van der Waals surface area contributed by atoms with E-state index < -0.39 is 0 Å². The Morgan fingerprint density at radius 2 is 1.86 bits per heavy atom. The highest BCUT2D eigenvalue weighted by molar-refractivity contribution is 6.13. The molecule has 4 rings (SSSR count). The van der Waals surface area contributed by atoms with Crippen LogP contribution in [0.5, 0.6) is 0 Å². The normalized spacial score (nSPS) is 11.2. The summed E-state index contributed by atoms with van der Waals surface area (Å²) in [5.41, 5.74) is 2.69. The summed E-state index contributed by atoms with van der Waals surface area (Å²) in [5.74, 6) is -0.267. The van der Waals surface area contributed by atoms with Gasteiger partial charge in [-0.1, -0.05) is 36.4 Å². The van der Waals surface area contributed by atoms with Gasteiger partial charge < -0.3 is 5.32 Å². The number of amides is 1. The molecular formula is C22H21FN4O. The van der Waals surface area contributed by atoms with Gasteiger partial charge in [0.1, 0.15) is 0 Å².